The summed E-state index contributed by atoms with van der Waals surface area (Å²) in [5, 5.41) is 4.31. The molecule has 22 heavy (non-hydrogen) atoms. The molecule has 1 aliphatic rings. The Hall–Kier alpha value is -1.52. The van der Waals surface area contributed by atoms with Crippen molar-refractivity contribution >= 4 is 17.3 Å². The molecule has 1 aromatic heterocycles. The number of imidazole rings is 1. The summed E-state index contributed by atoms with van der Waals surface area (Å²) in [7, 11) is 2.06. The van der Waals surface area contributed by atoms with Crippen LogP contribution in [0, 0.1) is 5.92 Å². The molecule has 1 aliphatic heterocycles. The molecular weight excluding hydrogens is 296 g/mol. The predicted octanol–water partition coefficient (Wildman–Crippen LogP) is 3.40. The van der Waals surface area contributed by atoms with E-state index in [1.165, 1.54) is 25.1 Å². The Bertz CT molecular complexity index is 593. The first-order valence-electron chi connectivity index (χ1n) is 7.87. The number of nitrogens with one attached hydrogen (secondary N) is 1. The number of likely N-dealkylation sites (tertiary alicyclic amines) is 1. The van der Waals surface area contributed by atoms with Crippen LogP contribution in [-0.2, 0) is 13.6 Å². The van der Waals surface area contributed by atoms with Gasteiger partial charge in [-0.25, -0.2) is 4.98 Å². The van der Waals surface area contributed by atoms with Crippen molar-refractivity contribution < 1.29 is 0 Å². The Kier molecular flexibility index (Phi) is 5.01. The summed E-state index contributed by atoms with van der Waals surface area (Å²) in [5.74, 6) is 0.692. The second kappa shape index (κ2) is 7.16. The van der Waals surface area contributed by atoms with Gasteiger partial charge >= 0.3 is 0 Å². The highest BCUT2D eigenvalue weighted by Gasteiger charge is 2.20. The van der Waals surface area contributed by atoms with Crippen molar-refractivity contribution in [3.05, 3.63) is 47.5 Å². The lowest BCUT2D eigenvalue weighted by Gasteiger charge is -2.33. The minimum Gasteiger partial charge on any atom is -0.385 e. The van der Waals surface area contributed by atoms with E-state index in [2.05, 4.69) is 26.8 Å². The molecule has 1 N–H and O–H groups in total. The van der Waals surface area contributed by atoms with Crippen LogP contribution < -0.4 is 5.32 Å². The van der Waals surface area contributed by atoms with E-state index in [9.17, 15) is 0 Å². The number of hydrogen-bond acceptors (Lipinski definition) is 3. The van der Waals surface area contributed by atoms with Crippen molar-refractivity contribution in [3.8, 4) is 0 Å². The van der Waals surface area contributed by atoms with E-state index in [1.54, 1.807) is 0 Å². The number of piperidine rings is 1. The molecule has 0 bridgehead atoms. The maximum Gasteiger partial charge on any atom is 0.0945 e. The summed E-state index contributed by atoms with van der Waals surface area (Å²) >= 11 is 5.92. The van der Waals surface area contributed by atoms with Crippen molar-refractivity contribution in [1.29, 1.82) is 0 Å². The molecule has 4 nitrogen and oxygen atoms in total. The highest BCUT2D eigenvalue weighted by atomic mass is 35.5. The standard InChI is InChI=1S/C17H23ClN4/c1-21-13-19-10-17(21)12-22-8-2-3-14(11-22)9-20-16-6-4-15(18)5-7-16/h4-7,10,13-14,20H,2-3,8-9,11-12H2,1H3. The third kappa shape index (κ3) is 4.02. The Balaban J connectivity index is 1.50. The van der Waals surface area contributed by atoms with Crippen molar-refractivity contribution in [3.63, 3.8) is 0 Å². The average Bonchev–Trinajstić information content (AvgIpc) is 2.92. The van der Waals surface area contributed by atoms with Gasteiger partial charge in [-0.3, -0.25) is 4.90 Å². The average molecular weight is 319 g/mol. The molecule has 1 saturated heterocycles. The number of aryl methyl sites for hydroxylation is 1. The molecule has 0 saturated carbocycles. The third-order valence-electron chi connectivity index (χ3n) is 4.34. The van der Waals surface area contributed by atoms with E-state index < -0.39 is 0 Å². The molecule has 0 radical (unpaired) electrons. The number of anilines is 1. The van der Waals surface area contributed by atoms with Crippen LogP contribution in [0.1, 0.15) is 18.5 Å². The Morgan fingerprint density at radius 3 is 2.86 bits per heavy atom. The van der Waals surface area contributed by atoms with Crippen molar-refractivity contribution in [2.45, 2.75) is 19.4 Å². The molecule has 3 rings (SSSR count). The zero-order chi connectivity index (χ0) is 15.4. The number of benzene rings is 1. The maximum atomic E-state index is 5.92. The third-order valence-corrected chi connectivity index (χ3v) is 4.60. The zero-order valence-electron chi connectivity index (χ0n) is 13.0. The maximum absolute atomic E-state index is 5.92. The van der Waals surface area contributed by atoms with Gasteiger partial charge in [0.1, 0.15) is 0 Å². The van der Waals surface area contributed by atoms with Crippen LogP contribution in [0.25, 0.3) is 0 Å². The van der Waals surface area contributed by atoms with Crippen LogP contribution in [-0.4, -0.2) is 34.1 Å². The molecule has 0 spiro atoms. The number of halogens is 1. The Morgan fingerprint density at radius 2 is 2.14 bits per heavy atom. The topological polar surface area (TPSA) is 33.1 Å². The smallest absolute Gasteiger partial charge is 0.0945 e. The van der Waals surface area contributed by atoms with Gasteiger partial charge in [-0.1, -0.05) is 11.6 Å². The van der Waals surface area contributed by atoms with E-state index in [1.807, 2.05) is 36.8 Å². The normalized spacial score (nSPS) is 19.3. The van der Waals surface area contributed by atoms with E-state index in [4.69, 9.17) is 11.6 Å². The number of nitrogens with zero attached hydrogens (tertiary/aromatic N) is 3. The van der Waals surface area contributed by atoms with Gasteiger partial charge in [-0.15, -0.1) is 0 Å². The van der Waals surface area contributed by atoms with Crippen LogP contribution in [0.5, 0.6) is 0 Å². The zero-order valence-corrected chi connectivity index (χ0v) is 13.8. The first-order valence-corrected chi connectivity index (χ1v) is 8.25. The summed E-state index contributed by atoms with van der Waals surface area (Å²) in [5.41, 5.74) is 2.43. The van der Waals surface area contributed by atoms with Gasteiger partial charge < -0.3 is 9.88 Å². The van der Waals surface area contributed by atoms with E-state index >= 15 is 0 Å². The number of rotatable bonds is 5. The lowest BCUT2D eigenvalue weighted by Crippen LogP contribution is -2.37. The summed E-state index contributed by atoms with van der Waals surface area (Å²) in [6.07, 6.45) is 6.40. The summed E-state index contributed by atoms with van der Waals surface area (Å²) < 4.78 is 2.11. The van der Waals surface area contributed by atoms with Gasteiger partial charge in [0.25, 0.3) is 0 Å². The van der Waals surface area contributed by atoms with Gasteiger partial charge in [-0.2, -0.15) is 0 Å². The second-order valence-electron chi connectivity index (χ2n) is 6.13. The molecule has 0 amide bonds. The second-order valence-corrected chi connectivity index (χ2v) is 6.56. The summed E-state index contributed by atoms with van der Waals surface area (Å²) in [4.78, 5) is 6.74. The molecule has 1 fully saturated rings. The van der Waals surface area contributed by atoms with Crippen LogP contribution in [0.2, 0.25) is 5.02 Å². The number of hydrogen-bond donors (Lipinski definition) is 1. The first-order chi connectivity index (χ1) is 10.7. The van der Waals surface area contributed by atoms with E-state index in [-0.39, 0.29) is 0 Å². The fourth-order valence-corrected chi connectivity index (χ4v) is 3.18. The number of aromatic nitrogens is 2. The highest BCUT2D eigenvalue weighted by molar-refractivity contribution is 6.30. The molecule has 5 heteroatoms. The van der Waals surface area contributed by atoms with Gasteiger partial charge in [-0.05, 0) is 49.6 Å². The molecule has 1 unspecified atom stereocenters. The van der Waals surface area contributed by atoms with Crippen LogP contribution in [0.4, 0.5) is 5.69 Å². The lowest BCUT2D eigenvalue weighted by atomic mass is 9.97. The van der Waals surface area contributed by atoms with Crippen molar-refractivity contribution in [2.24, 2.45) is 13.0 Å². The van der Waals surface area contributed by atoms with Crippen molar-refractivity contribution in [1.82, 2.24) is 14.5 Å². The van der Waals surface area contributed by atoms with Crippen molar-refractivity contribution in [2.75, 3.05) is 25.0 Å². The minimum absolute atomic E-state index is 0.692. The van der Waals surface area contributed by atoms with Gasteiger partial charge in [0.15, 0.2) is 0 Å². The Labute approximate surface area is 137 Å². The van der Waals surface area contributed by atoms with Crippen LogP contribution in [0.15, 0.2) is 36.8 Å². The monoisotopic (exact) mass is 318 g/mol. The minimum atomic E-state index is 0.692. The molecule has 1 atom stereocenters. The largest absolute Gasteiger partial charge is 0.385 e. The molecule has 118 valence electrons. The predicted molar refractivity (Wildman–Crippen MR) is 91.2 cm³/mol. The quantitative estimate of drug-likeness (QED) is 0.917. The Morgan fingerprint density at radius 1 is 1.32 bits per heavy atom. The van der Waals surface area contributed by atoms with Gasteiger partial charge in [0.05, 0.1) is 12.0 Å². The lowest BCUT2D eigenvalue weighted by molar-refractivity contribution is 0.170. The van der Waals surface area contributed by atoms with Crippen LogP contribution in [0.3, 0.4) is 0 Å². The highest BCUT2D eigenvalue weighted by Crippen LogP contribution is 2.20. The SMILES string of the molecule is Cn1cncc1CN1CCCC(CNc2ccc(Cl)cc2)C1. The van der Waals surface area contributed by atoms with Gasteiger partial charge in [0, 0.05) is 43.6 Å². The molecule has 0 aliphatic carbocycles. The first kappa shape index (κ1) is 15.4. The summed E-state index contributed by atoms with van der Waals surface area (Å²) in [6.45, 7) is 4.34. The van der Waals surface area contributed by atoms with Crippen LogP contribution >= 0.6 is 11.6 Å². The molecule has 2 aromatic rings. The van der Waals surface area contributed by atoms with E-state index in [0.29, 0.717) is 5.92 Å². The molecule has 2 heterocycles. The fraction of sp³-hybridized carbons (Fsp3) is 0.471. The van der Waals surface area contributed by atoms with E-state index in [0.717, 1.165) is 30.3 Å². The summed E-state index contributed by atoms with van der Waals surface area (Å²) in [6, 6.07) is 7.94. The molecular formula is C17H23ClN4. The van der Waals surface area contributed by atoms with Gasteiger partial charge in [0.2, 0.25) is 0 Å². The fourth-order valence-electron chi connectivity index (χ4n) is 3.06. The molecule has 1 aromatic carbocycles.